The molecule has 3 fully saturated rings. The molecule has 1 aromatic heterocycles. The number of para-hydroxylation sites is 2. The first-order chi connectivity index (χ1) is 23.2. The summed E-state index contributed by atoms with van der Waals surface area (Å²) < 4.78 is 39.9. The summed E-state index contributed by atoms with van der Waals surface area (Å²) in [6.07, 6.45) is 10.9. The second kappa shape index (κ2) is 13.5. The molecule has 3 heterocycles. The Morgan fingerprint density at radius 2 is 1.81 bits per heavy atom. The Bertz CT molecular complexity index is 1770. The number of nitrogens with one attached hydrogen (secondary N) is 1. The quantitative estimate of drug-likeness (QED) is 0.309. The Labute approximate surface area is 281 Å². The van der Waals surface area contributed by atoms with Gasteiger partial charge in [-0.2, -0.15) is 4.98 Å². The summed E-state index contributed by atoms with van der Waals surface area (Å²) in [5, 5.41) is -0.552. The van der Waals surface area contributed by atoms with Crippen LogP contribution in [-0.2, 0) is 30.8 Å². The van der Waals surface area contributed by atoms with E-state index in [0.717, 1.165) is 44.1 Å². The molecule has 48 heavy (non-hydrogen) atoms. The van der Waals surface area contributed by atoms with E-state index >= 15 is 0 Å². The molecule has 1 saturated heterocycles. The zero-order valence-electron chi connectivity index (χ0n) is 27.1. The Kier molecular flexibility index (Phi) is 9.15. The summed E-state index contributed by atoms with van der Waals surface area (Å²) in [4.78, 5) is 48.5. The van der Waals surface area contributed by atoms with Gasteiger partial charge in [-0.05, 0) is 75.0 Å². The molecule has 7 rings (SSSR count). The number of benzene rings is 2. The highest BCUT2D eigenvalue weighted by atomic mass is 32.2. The SMILES string of the molecule is O=C1C[C@]2(C(=O)NS(=O)(=O)C3CC3)C[C@@H]2/C=C\CCCCC[C@H](CCc2ccccc2)C(=O)N2C[C@H](Oc3nc4ccccc4o3)C[C@@H]12. The number of aromatic nitrogens is 1. The van der Waals surface area contributed by atoms with E-state index in [1.54, 1.807) is 11.0 Å². The van der Waals surface area contributed by atoms with Crippen molar-refractivity contribution in [3.63, 3.8) is 0 Å². The van der Waals surface area contributed by atoms with Gasteiger partial charge in [-0.25, -0.2) is 8.42 Å². The molecule has 2 aliphatic heterocycles. The van der Waals surface area contributed by atoms with E-state index < -0.39 is 38.7 Å². The Hall–Kier alpha value is -3.99. The van der Waals surface area contributed by atoms with Gasteiger partial charge in [0.1, 0.15) is 11.6 Å². The van der Waals surface area contributed by atoms with Gasteiger partial charge in [-0.1, -0.05) is 67.5 Å². The van der Waals surface area contributed by atoms with Crippen LogP contribution in [0.25, 0.3) is 11.1 Å². The van der Waals surface area contributed by atoms with E-state index in [9.17, 15) is 22.8 Å². The number of Topliss-reactive ketones (excluding diaryl/α,β-unsaturated/α-hetero) is 1. The smallest absolute Gasteiger partial charge is 0.394 e. The van der Waals surface area contributed by atoms with E-state index in [4.69, 9.17) is 9.15 Å². The van der Waals surface area contributed by atoms with E-state index in [1.165, 1.54) is 0 Å². The van der Waals surface area contributed by atoms with Crippen LogP contribution in [0.5, 0.6) is 6.08 Å². The van der Waals surface area contributed by atoms with Gasteiger partial charge in [-0.15, -0.1) is 0 Å². The van der Waals surface area contributed by atoms with Crippen molar-refractivity contribution in [2.24, 2.45) is 17.3 Å². The fourth-order valence-corrected chi connectivity index (χ4v) is 8.81. The lowest BCUT2D eigenvalue weighted by Gasteiger charge is -2.29. The number of amides is 2. The average molecular weight is 674 g/mol. The van der Waals surface area contributed by atoms with Gasteiger partial charge in [-0.3, -0.25) is 19.1 Å². The number of fused-ring (bicyclic) bond motifs is 3. The van der Waals surface area contributed by atoms with Crippen LogP contribution in [0.1, 0.15) is 76.2 Å². The van der Waals surface area contributed by atoms with Crippen LogP contribution in [0.15, 0.2) is 71.2 Å². The van der Waals surface area contributed by atoms with Gasteiger partial charge in [0.05, 0.1) is 23.3 Å². The predicted molar refractivity (Wildman–Crippen MR) is 179 cm³/mol. The Morgan fingerprint density at radius 1 is 1.02 bits per heavy atom. The zero-order valence-corrected chi connectivity index (χ0v) is 27.9. The van der Waals surface area contributed by atoms with Crippen LogP contribution >= 0.6 is 0 Å². The number of oxazole rings is 1. The fourth-order valence-electron chi connectivity index (χ4n) is 7.43. The molecular formula is C37H43N3O7S. The zero-order chi connectivity index (χ0) is 33.3. The van der Waals surface area contributed by atoms with Crippen LogP contribution in [0, 0.1) is 17.3 Å². The molecular weight excluding hydrogens is 630 g/mol. The topological polar surface area (TPSA) is 136 Å². The van der Waals surface area contributed by atoms with Crippen molar-refractivity contribution >= 4 is 38.7 Å². The fraction of sp³-hybridized carbons (Fsp3) is 0.514. The second-order valence-corrected chi connectivity index (χ2v) is 16.0. The summed E-state index contributed by atoms with van der Waals surface area (Å²) >= 11 is 0. The lowest BCUT2D eigenvalue weighted by Crippen LogP contribution is -2.46. The van der Waals surface area contributed by atoms with Gasteiger partial charge in [0.25, 0.3) is 0 Å². The lowest BCUT2D eigenvalue weighted by atomic mass is 9.90. The standard InChI is InChI=1S/C37H43N3O7S/c41-32-23-37(35(43)39-48(44,45)29-19-20-29)22-27(37)14-8-3-1-2-7-13-26(18-17-25-11-5-4-6-12-25)34(42)40-24-28(21-31(32)40)46-36-38-30-15-9-10-16-33(30)47-36/h4-6,8-12,14-16,26-29,31H,1-3,7,13,17-24H2,(H,39,43)/b14-8-/t26-,27+,28-,31+,37-/m1/s1. The number of allylic oxidation sites excluding steroid dienone is 2. The molecule has 0 bridgehead atoms. The number of carbonyl (C=O) groups is 3. The number of nitrogens with zero attached hydrogens (tertiary/aromatic N) is 2. The highest BCUT2D eigenvalue weighted by Crippen LogP contribution is 2.57. The van der Waals surface area contributed by atoms with Gasteiger partial charge >= 0.3 is 6.08 Å². The van der Waals surface area contributed by atoms with Gasteiger partial charge in [0.2, 0.25) is 21.8 Å². The third kappa shape index (κ3) is 7.06. The van der Waals surface area contributed by atoms with Crippen molar-refractivity contribution in [1.82, 2.24) is 14.6 Å². The number of hydrogen-bond donors (Lipinski definition) is 1. The number of rotatable bonds is 8. The monoisotopic (exact) mass is 673 g/mol. The molecule has 0 spiro atoms. The lowest BCUT2D eigenvalue weighted by molar-refractivity contribution is -0.142. The van der Waals surface area contributed by atoms with E-state index in [1.807, 2.05) is 42.5 Å². The van der Waals surface area contributed by atoms with Crippen LogP contribution in [0.2, 0.25) is 0 Å². The van der Waals surface area contributed by atoms with Crippen molar-refractivity contribution < 1.29 is 32.0 Å². The summed E-state index contributed by atoms with van der Waals surface area (Å²) in [7, 11) is -3.78. The summed E-state index contributed by atoms with van der Waals surface area (Å²) in [6.45, 7) is 0.189. The molecule has 5 atom stereocenters. The first-order valence-corrected chi connectivity index (χ1v) is 18.9. The minimum Gasteiger partial charge on any atom is -0.445 e. The summed E-state index contributed by atoms with van der Waals surface area (Å²) in [5.41, 5.74) is 1.23. The van der Waals surface area contributed by atoms with Gasteiger partial charge in [0, 0.05) is 18.8 Å². The molecule has 254 valence electrons. The van der Waals surface area contributed by atoms with Crippen LogP contribution in [0.4, 0.5) is 0 Å². The minimum absolute atomic E-state index is 0.0805. The Balaban J connectivity index is 1.16. The third-order valence-electron chi connectivity index (χ3n) is 10.5. The molecule has 2 aliphatic carbocycles. The molecule has 0 radical (unpaired) electrons. The van der Waals surface area contributed by atoms with Crippen molar-refractivity contribution in [3.8, 4) is 6.08 Å². The predicted octanol–water partition coefficient (Wildman–Crippen LogP) is 5.52. The van der Waals surface area contributed by atoms with E-state index in [2.05, 4.69) is 27.9 Å². The maximum atomic E-state index is 14.5. The highest BCUT2D eigenvalue weighted by Gasteiger charge is 2.61. The van der Waals surface area contributed by atoms with Crippen LogP contribution < -0.4 is 9.46 Å². The number of hydrogen-bond acceptors (Lipinski definition) is 8. The number of carbonyl (C=O) groups excluding carboxylic acids is 3. The first-order valence-electron chi connectivity index (χ1n) is 17.3. The van der Waals surface area contributed by atoms with E-state index in [-0.39, 0.29) is 49.0 Å². The number of aryl methyl sites for hydroxylation is 1. The van der Waals surface area contributed by atoms with Crippen molar-refractivity contribution in [3.05, 3.63) is 72.3 Å². The van der Waals surface area contributed by atoms with Crippen LogP contribution in [0.3, 0.4) is 0 Å². The molecule has 0 unspecified atom stereocenters. The normalized spacial score (nSPS) is 29.0. The maximum Gasteiger partial charge on any atom is 0.394 e. The minimum atomic E-state index is -3.78. The van der Waals surface area contributed by atoms with E-state index in [0.29, 0.717) is 36.8 Å². The van der Waals surface area contributed by atoms with Crippen molar-refractivity contribution in [2.75, 3.05) is 6.54 Å². The second-order valence-electron chi connectivity index (χ2n) is 14.0. The number of sulfonamides is 1. The molecule has 2 amide bonds. The highest BCUT2D eigenvalue weighted by molar-refractivity contribution is 7.90. The third-order valence-corrected chi connectivity index (χ3v) is 12.3. The van der Waals surface area contributed by atoms with Crippen molar-refractivity contribution in [2.45, 2.75) is 94.4 Å². The van der Waals surface area contributed by atoms with Gasteiger partial charge < -0.3 is 14.1 Å². The Morgan fingerprint density at radius 3 is 2.60 bits per heavy atom. The largest absolute Gasteiger partial charge is 0.445 e. The molecule has 2 saturated carbocycles. The molecule has 4 aliphatic rings. The number of ether oxygens (including phenoxy) is 1. The summed E-state index contributed by atoms with van der Waals surface area (Å²) in [6, 6.07) is 16.6. The molecule has 1 N–H and O–H groups in total. The number of ketones is 1. The maximum absolute atomic E-state index is 14.5. The van der Waals surface area contributed by atoms with Crippen LogP contribution in [-0.4, -0.2) is 59.8 Å². The molecule has 2 aromatic carbocycles. The molecule has 10 nitrogen and oxygen atoms in total. The molecule has 3 aromatic rings. The first kappa shape index (κ1) is 32.6. The van der Waals surface area contributed by atoms with Crippen molar-refractivity contribution in [1.29, 1.82) is 0 Å². The summed E-state index contributed by atoms with van der Waals surface area (Å²) in [5.74, 6) is -1.46. The van der Waals surface area contributed by atoms with Gasteiger partial charge in [0.15, 0.2) is 11.4 Å². The average Bonchev–Trinajstić information content (AvgIpc) is 3.97. The molecule has 11 heteroatoms.